The Bertz CT molecular complexity index is 128. The Hall–Kier alpha value is -0.650. The quantitative estimate of drug-likeness (QED) is 0.380. The van der Waals surface area contributed by atoms with Gasteiger partial charge in [0.15, 0.2) is 0 Å². The third kappa shape index (κ3) is 4.72. The van der Waals surface area contributed by atoms with Gasteiger partial charge in [-0.25, -0.2) is 0 Å². The second-order valence-corrected chi connectivity index (χ2v) is 2.25. The molecule has 0 rings (SSSR count). The van der Waals surface area contributed by atoms with Crippen molar-refractivity contribution >= 4 is 5.91 Å². The minimum atomic E-state index is -1.19. The monoisotopic (exact) mass is 163 g/mol. The number of hydrogen-bond acceptors (Lipinski definition) is 4. The first kappa shape index (κ1) is 10.3. The molecule has 2 atom stereocenters. The molecule has 0 saturated heterocycles. The summed E-state index contributed by atoms with van der Waals surface area (Å²) in [6, 6.07) is 0. The topological polar surface area (TPSA) is 89.8 Å². The van der Waals surface area contributed by atoms with Crippen LogP contribution in [0.15, 0.2) is 0 Å². The number of rotatable bonds is 4. The second-order valence-electron chi connectivity index (χ2n) is 2.25. The molecule has 0 aliphatic heterocycles. The Kier molecular flexibility index (Phi) is 4.76. The maximum atomic E-state index is 10.3. The van der Waals surface area contributed by atoms with Gasteiger partial charge in [-0.05, 0) is 0 Å². The van der Waals surface area contributed by atoms with Crippen LogP contribution in [0.1, 0.15) is 6.92 Å². The number of carbonyl (C=O) groups is 1. The number of nitrogens with one attached hydrogen (secondary N) is 1. The third-order valence-corrected chi connectivity index (χ3v) is 1.19. The molecule has 5 nitrogen and oxygen atoms in total. The van der Waals surface area contributed by atoms with Crippen LogP contribution in [0.2, 0.25) is 0 Å². The molecule has 0 bridgehead atoms. The van der Waals surface area contributed by atoms with Gasteiger partial charge in [-0.2, -0.15) is 0 Å². The highest BCUT2D eigenvalue weighted by Gasteiger charge is 2.14. The van der Waals surface area contributed by atoms with Gasteiger partial charge >= 0.3 is 0 Å². The van der Waals surface area contributed by atoms with Crippen molar-refractivity contribution in [1.29, 1.82) is 0 Å². The lowest BCUT2D eigenvalue weighted by atomic mass is 10.2. The van der Waals surface area contributed by atoms with E-state index in [1.165, 1.54) is 6.92 Å². The predicted molar refractivity (Wildman–Crippen MR) is 37.8 cm³/mol. The summed E-state index contributed by atoms with van der Waals surface area (Å²) in [5.74, 6) is -0.283. The molecule has 0 aliphatic carbocycles. The lowest BCUT2D eigenvalue weighted by Crippen LogP contribution is -2.39. The zero-order valence-corrected chi connectivity index (χ0v) is 6.32. The number of amides is 1. The van der Waals surface area contributed by atoms with E-state index in [1.54, 1.807) is 0 Å². The van der Waals surface area contributed by atoms with E-state index in [9.17, 15) is 4.79 Å². The molecular formula is C6H13NO4. The molecule has 0 aromatic carbocycles. The van der Waals surface area contributed by atoms with Gasteiger partial charge in [-0.1, -0.05) is 0 Å². The Morgan fingerprint density at radius 1 is 1.45 bits per heavy atom. The fourth-order valence-corrected chi connectivity index (χ4v) is 0.506. The molecule has 0 fully saturated rings. The summed E-state index contributed by atoms with van der Waals surface area (Å²) < 4.78 is 0. The lowest BCUT2D eigenvalue weighted by Gasteiger charge is -2.14. The van der Waals surface area contributed by atoms with Crippen LogP contribution >= 0.6 is 0 Å². The summed E-state index contributed by atoms with van der Waals surface area (Å²) in [6.07, 6.45) is -2.30. The number of aliphatic hydroxyl groups excluding tert-OH is 3. The van der Waals surface area contributed by atoms with Crippen molar-refractivity contribution in [2.45, 2.75) is 19.1 Å². The minimum Gasteiger partial charge on any atom is -0.394 e. The summed E-state index contributed by atoms with van der Waals surface area (Å²) in [5, 5.41) is 28.4. The Balaban J connectivity index is 3.51. The molecule has 0 heterocycles. The van der Waals surface area contributed by atoms with E-state index < -0.39 is 18.8 Å². The van der Waals surface area contributed by atoms with Crippen molar-refractivity contribution in [2.75, 3.05) is 13.2 Å². The van der Waals surface area contributed by atoms with Gasteiger partial charge in [0.25, 0.3) is 0 Å². The van der Waals surface area contributed by atoms with Crippen LogP contribution in [0.4, 0.5) is 0 Å². The van der Waals surface area contributed by atoms with Gasteiger partial charge in [-0.15, -0.1) is 0 Å². The fraction of sp³-hybridized carbons (Fsp3) is 0.833. The van der Waals surface area contributed by atoms with E-state index in [0.29, 0.717) is 0 Å². The molecule has 4 N–H and O–H groups in total. The normalized spacial score (nSPS) is 15.6. The van der Waals surface area contributed by atoms with Crippen LogP contribution in [0, 0.1) is 0 Å². The van der Waals surface area contributed by atoms with Crippen molar-refractivity contribution in [3.63, 3.8) is 0 Å². The van der Waals surface area contributed by atoms with Gasteiger partial charge < -0.3 is 20.6 Å². The van der Waals surface area contributed by atoms with Crippen LogP contribution in [0.3, 0.4) is 0 Å². The van der Waals surface area contributed by atoms with Gasteiger partial charge in [0, 0.05) is 13.5 Å². The molecule has 11 heavy (non-hydrogen) atoms. The van der Waals surface area contributed by atoms with Crippen molar-refractivity contribution < 1.29 is 20.1 Å². The molecule has 0 aliphatic rings. The average Bonchev–Trinajstić information content (AvgIpc) is 1.98. The molecule has 5 heteroatoms. The summed E-state index contributed by atoms with van der Waals surface area (Å²) in [6.45, 7) is 0.746. The van der Waals surface area contributed by atoms with Crippen LogP contribution in [-0.4, -0.2) is 46.6 Å². The highest BCUT2D eigenvalue weighted by Crippen LogP contribution is 1.89. The van der Waals surface area contributed by atoms with Crippen LogP contribution in [-0.2, 0) is 4.79 Å². The number of hydrogen-bond donors (Lipinski definition) is 4. The molecule has 0 radical (unpaired) electrons. The molecular weight excluding hydrogens is 150 g/mol. The minimum absolute atomic E-state index is 0.0446. The number of carbonyl (C=O) groups excluding carboxylic acids is 1. The maximum Gasteiger partial charge on any atom is 0.216 e. The van der Waals surface area contributed by atoms with Crippen LogP contribution in [0.25, 0.3) is 0 Å². The summed E-state index contributed by atoms with van der Waals surface area (Å²) in [4.78, 5) is 10.3. The van der Waals surface area contributed by atoms with E-state index >= 15 is 0 Å². The smallest absolute Gasteiger partial charge is 0.216 e. The molecule has 66 valence electrons. The van der Waals surface area contributed by atoms with Crippen molar-refractivity contribution in [3.8, 4) is 0 Å². The first-order valence-electron chi connectivity index (χ1n) is 3.29. The Labute approximate surface area is 64.7 Å². The van der Waals surface area contributed by atoms with Crippen LogP contribution < -0.4 is 5.32 Å². The first-order valence-corrected chi connectivity index (χ1v) is 3.29. The highest BCUT2D eigenvalue weighted by atomic mass is 16.4. The maximum absolute atomic E-state index is 10.3. The van der Waals surface area contributed by atoms with E-state index in [1.807, 2.05) is 0 Å². The largest absolute Gasteiger partial charge is 0.394 e. The molecule has 0 spiro atoms. The number of aliphatic hydroxyl groups is 3. The van der Waals surface area contributed by atoms with Crippen LogP contribution in [0.5, 0.6) is 0 Å². The molecule has 0 saturated carbocycles. The standard InChI is InChI=1S/C6H13NO4/c1-4(9)7-2-5(10)6(11)3-8/h5-6,8,10-11H,2-3H2,1H3,(H,7,9)/t5-,6+/m1/s1. The summed E-state index contributed by atoms with van der Waals surface area (Å²) in [7, 11) is 0. The molecule has 0 aromatic heterocycles. The average molecular weight is 163 g/mol. The lowest BCUT2D eigenvalue weighted by molar-refractivity contribution is -0.120. The van der Waals surface area contributed by atoms with Gasteiger partial charge in [-0.3, -0.25) is 4.79 Å². The predicted octanol–water partition coefficient (Wildman–Crippen LogP) is -2.16. The van der Waals surface area contributed by atoms with Crippen molar-refractivity contribution in [1.82, 2.24) is 5.32 Å². The summed E-state index contributed by atoms with van der Waals surface area (Å²) in [5.41, 5.74) is 0. The van der Waals surface area contributed by atoms with E-state index in [0.717, 1.165) is 0 Å². The zero-order valence-electron chi connectivity index (χ0n) is 6.32. The molecule has 1 amide bonds. The fourth-order valence-electron chi connectivity index (χ4n) is 0.506. The third-order valence-electron chi connectivity index (χ3n) is 1.19. The van der Waals surface area contributed by atoms with Crippen molar-refractivity contribution in [2.24, 2.45) is 0 Å². The van der Waals surface area contributed by atoms with E-state index in [2.05, 4.69) is 5.32 Å². The van der Waals surface area contributed by atoms with Gasteiger partial charge in [0.1, 0.15) is 6.10 Å². The van der Waals surface area contributed by atoms with Crippen molar-refractivity contribution in [3.05, 3.63) is 0 Å². The zero-order chi connectivity index (χ0) is 8.85. The Morgan fingerprint density at radius 3 is 2.36 bits per heavy atom. The molecule has 0 unspecified atom stereocenters. The SMILES string of the molecule is CC(=O)NC[C@@H](O)[C@@H](O)CO. The van der Waals surface area contributed by atoms with E-state index in [4.69, 9.17) is 15.3 Å². The second kappa shape index (κ2) is 5.06. The highest BCUT2D eigenvalue weighted by molar-refractivity contribution is 5.72. The van der Waals surface area contributed by atoms with Gasteiger partial charge in [0.05, 0.1) is 12.7 Å². The first-order chi connectivity index (χ1) is 5.07. The summed E-state index contributed by atoms with van der Waals surface area (Å²) >= 11 is 0. The molecule has 0 aromatic rings. The van der Waals surface area contributed by atoms with Gasteiger partial charge in [0.2, 0.25) is 5.91 Å². The Morgan fingerprint density at radius 2 is 2.00 bits per heavy atom. The van der Waals surface area contributed by atoms with E-state index in [-0.39, 0.29) is 12.5 Å².